The van der Waals surface area contributed by atoms with Crippen LogP contribution in [-0.2, 0) is 15.8 Å². The molecule has 0 bridgehead atoms. The van der Waals surface area contributed by atoms with Gasteiger partial charge in [0.2, 0.25) is 0 Å². The van der Waals surface area contributed by atoms with Crippen LogP contribution in [0.5, 0.6) is 0 Å². The summed E-state index contributed by atoms with van der Waals surface area (Å²) in [5, 5.41) is 8.06. The Balaban J connectivity index is 2.63. The maximum absolute atomic E-state index is 12.9. The van der Waals surface area contributed by atoms with Gasteiger partial charge in [0.25, 0.3) is 0 Å². The van der Waals surface area contributed by atoms with E-state index in [0.29, 0.717) is 16.7 Å². The summed E-state index contributed by atoms with van der Waals surface area (Å²) in [7, 11) is 0. The van der Waals surface area contributed by atoms with E-state index in [4.69, 9.17) is 10.7 Å². The van der Waals surface area contributed by atoms with E-state index in [0.717, 1.165) is 12.1 Å². The van der Waals surface area contributed by atoms with E-state index in [1.807, 2.05) is 0 Å². The van der Waals surface area contributed by atoms with E-state index in [9.17, 15) is 23.1 Å². The van der Waals surface area contributed by atoms with E-state index in [-0.39, 0.29) is 11.3 Å². The van der Waals surface area contributed by atoms with Crippen LogP contribution in [0, 0.1) is 0 Å². The number of carboxylic acids is 1. The molecule has 0 radical (unpaired) electrons. The first-order valence-electron chi connectivity index (χ1n) is 7.42. The van der Waals surface area contributed by atoms with Gasteiger partial charge in [-0.05, 0) is 30.2 Å². The number of thiol groups is 1. The molecule has 0 aliphatic rings. The zero-order chi connectivity index (χ0) is 19.5. The zero-order valence-electron chi connectivity index (χ0n) is 13.6. The molecule has 2 aromatic rings. The van der Waals surface area contributed by atoms with Crippen LogP contribution in [0.25, 0.3) is 11.3 Å². The number of nitrogens with two attached hydrogens (primary N) is 1. The molecule has 0 saturated heterocycles. The number of hydrogen-bond acceptors (Lipinski definition) is 4. The fourth-order valence-electron chi connectivity index (χ4n) is 2.49. The fourth-order valence-corrected chi connectivity index (χ4v) is 2.71. The lowest BCUT2D eigenvalue weighted by Gasteiger charge is -2.17. The van der Waals surface area contributed by atoms with Crippen LogP contribution in [0.1, 0.15) is 34.4 Å². The Morgan fingerprint density at radius 2 is 1.85 bits per heavy atom. The number of allylic oxidation sites excluding steroid dienone is 1. The summed E-state index contributed by atoms with van der Waals surface area (Å²) in [6.45, 7) is 1.54. The second kappa shape index (κ2) is 7.84. The molecule has 3 N–H and O–H groups in total. The van der Waals surface area contributed by atoms with Gasteiger partial charge in [-0.2, -0.15) is 31.7 Å². The van der Waals surface area contributed by atoms with E-state index < -0.39 is 23.0 Å². The molecule has 4 nitrogen and oxygen atoms in total. The minimum Gasteiger partial charge on any atom is -0.480 e. The lowest BCUT2D eigenvalue weighted by Crippen LogP contribution is -2.10. The molecule has 0 saturated carbocycles. The number of carbonyl (C=O) groups is 1. The second-order valence-corrected chi connectivity index (χ2v) is 5.99. The van der Waals surface area contributed by atoms with Gasteiger partial charge in [0.15, 0.2) is 5.76 Å². The quantitative estimate of drug-likeness (QED) is 0.307. The molecule has 0 amide bonds. The molecule has 1 atom stereocenters. The maximum Gasteiger partial charge on any atom is 0.416 e. The van der Waals surface area contributed by atoms with Gasteiger partial charge in [0, 0.05) is 11.1 Å². The molecular weight excluding hydrogens is 367 g/mol. The largest absolute Gasteiger partial charge is 0.480 e. The van der Waals surface area contributed by atoms with Crippen LogP contribution in [0.4, 0.5) is 13.2 Å². The Hall–Kier alpha value is -2.45. The number of hydrogen-bond donors (Lipinski definition) is 3. The van der Waals surface area contributed by atoms with Gasteiger partial charge in [0.1, 0.15) is 5.25 Å². The van der Waals surface area contributed by atoms with Crippen LogP contribution in [0.2, 0.25) is 0 Å². The summed E-state index contributed by atoms with van der Waals surface area (Å²) in [5.41, 5.74) is 0.428. The average molecular weight is 383 g/mol. The molecule has 26 heavy (non-hydrogen) atoms. The summed E-state index contributed by atoms with van der Waals surface area (Å²) in [6, 6.07) is 11.1. The molecule has 0 aromatic heterocycles. The van der Waals surface area contributed by atoms with Gasteiger partial charge < -0.3 is 9.94 Å². The van der Waals surface area contributed by atoms with Crippen LogP contribution >= 0.6 is 12.6 Å². The summed E-state index contributed by atoms with van der Waals surface area (Å²) in [6.07, 6.45) is -4.49. The van der Waals surface area contributed by atoms with Crippen LogP contribution < -0.4 is 5.90 Å². The summed E-state index contributed by atoms with van der Waals surface area (Å²) in [4.78, 5) is 16.2. The first kappa shape index (κ1) is 19.9. The van der Waals surface area contributed by atoms with Crippen molar-refractivity contribution < 1.29 is 27.9 Å². The Kier molecular flexibility index (Phi) is 5.99. The van der Waals surface area contributed by atoms with Crippen molar-refractivity contribution in [3.8, 4) is 0 Å². The maximum atomic E-state index is 12.9. The predicted octanol–water partition coefficient (Wildman–Crippen LogP) is 4.54. The van der Waals surface area contributed by atoms with Gasteiger partial charge in [-0.15, -0.1) is 0 Å². The topological polar surface area (TPSA) is 72.5 Å². The molecule has 0 aliphatic heterocycles. The Morgan fingerprint density at radius 3 is 2.42 bits per heavy atom. The van der Waals surface area contributed by atoms with Crippen LogP contribution in [0.15, 0.2) is 48.5 Å². The van der Waals surface area contributed by atoms with Crippen LogP contribution in [-0.4, -0.2) is 11.1 Å². The summed E-state index contributed by atoms with van der Waals surface area (Å²) < 4.78 is 38.8. The first-order chi connectivity index (χ1) is 12.2. The van der Waals surface area contributed by atoms with E-state index in [2.05, 4.69) is 12.6 Å². The smallest absolute Gasteiger partial charge is 0.416 e. The number of benzene rings is 2. The highest BCUT2D eigenvalue weighted by Crippen LogP contribution is 2.35. The molecule has 138 valence electrons. The Bertz CT molecular complexity index is 850. The number of alkyl halides is 3. The molecule has 0 fully saturated rings. The van der Waals surface area contributed by atoms with Gasteiger partial charge in [-0.1, -0.05) is 36.4 Å². The van der Waals surface area contributed by atoms with Gasteiger partial charge in [-0.25, -0.2) is 0 Å². The van der Waals surface area contributed by atoms with E-state index >= 15 is 0 Å². The minimum atomic E-state index is -4.49. The van der Waals surface area contributed by atoms with Gasteiger partial charge in [0.05, 0.1) is 5.56 Å². The normalized spacial score (nSPS) is 13.8. The standard InChI is InChI=1S/C18H16F3NO3S/c1-10(11-5-4-6-12(9-11)18(19,20)21)15(25-22)13-7-2-3-8-14(13)16(26)17(23)24/h2-9,16,26H,22H2,1H3,(H,23,24). The first-order valence-corrected chi connectivity index (χ1v) is 7.94. The molecule has 8 heteroatoms. The number of carboxylic acid groups (broad SMARTS) is 1. The molecule has 0 spiro atoms. The van der Waals surface area contributed by atoms with Crippen molar-refractivity contribution >= 4 is 29.9 Å². The summed E-state index contributed by atoms with van der Waals surface area (Å²) in [5.74, 6) is 4.26. The van der Waals surface area contributed by atoms with Crippen molar-refractivity contribution in [1.82, 2.24) is 0 Å². The Labute approximate surface area is 153 Å². The fraction of sp³-hybridized carbons (Fsp3) is 0.167. The van der Waals surface area contributed by atoms with Crippen molar-refractivity contribution in [3.63, 3.8) is 0 Å². The third kappa shape index (κ3) is 4.20. The molecular formula is C18H16F3NO3S. The average Bonchev–Trinajstić information content (AvgIpc) is 2.61. The predicted molar refractivity (Wildman–Crippen MR) is 95.0 cm³/mol. The Morgan fingerprint density at radius 1 is 1.19 bits per heavy atom. The number of halogens is 3. The lowest BCUT2D eigenvalue weighted by atomic mass is 9.96. The van der Waals surface area contributed by atoms with Crippen molar-refractivity contribution in [2.24, 2.45) is 5.90 Å². The molecule has 0 aliphatic carbocycles. The van der Waals surface area contributed by atoms with E-state index in [1.54, 1.807) is 31.2 Å². The van der Waals surface area contributed by atoms with Crippen molar-refractivity contribution in [3.05, 3.63) is 70.8 Å². The highest BCUT2D eigenvalue weighted by molar-refractivity contribution is 7.81. The van der Waals surface area contributed by atoms with Crippen molar-refractivity contribution in [2.75, 3.05) is 0 Å². The van der Waals surface area contributed by atoms with Crippen LogP contribution in [0.3, 0.4) is 0 Å². The molecule has 1 unspecified atom stereocenters. The highest BCUT2D eigenvalue weighted by atomic mass is 32.1. The molecule has 2 aromatic carbocycles. The van der Waals surface area contributed by atoms with Gasteiger partial charge >= 0.3 is 12.1 Å². The zero-order valence-corrected chi connectivity index (χ0v) is 14.5. The van der Waals surface area contributed by atoms with E-state index in [1.165, 1.54) is 12.1 Å². The third-order valence-corrected chi connectivity index (χ3v) is 4.31. The molecule has 0 heterocycles. The highest BCUT2D eigenvalue weighted by Gasteiger charge is 2.30. The number of aliphatic carboxylic acids is 1. The van der Waals surface area contributed by atoms with Crippen molar-refractivity contribution in [2.45, 2.75) is 18.3 Å². The number of rotatable bonds is 5. The third-order valence-electron chi connectivity index (χ3n) is 3.82. The van der Waals surface area contributed by atoms with Gasteiger partial charge in [-0.3, -0.25) is 4.79 Å². The molecule has 2 rings (SSSR count). The van der Waals surface area contributed by atoms with Crippen molar-refractivity contribution in [1.29, 1.82) is 0 Å². The SMILES string of the molecule is CC(=C(ON)c1ccccc1C(S)C(=O)O)c1cccc(C(F)(F)F)c1. The monoisotopic (exact) mass is 383 g/mol. The second-order valence-electron chi connectivity index (χ2n) is 5.48. The minimum absolute atomic E-state index is 0.0697. The summed E-state index contributed by atoms with van der Waals surface area (Å²) >= 11 is 4.06. The lowest BCUT2D eigenvalue weighted by molar-refractivity contribution is -0.138.